The maximum Gasteiger partial charge on any atom is 0.148 e. The summed E-state index contributed by atoms with van der Waals surface area (Å²) in [6, 6.07) is 0. The summed E-state index contributed by atoms with van der Waals surface area (Å²) < 4.78 is 0.677. The third kappa shape index (κ3) is 2.05. The Hall–Kier alpha value is -1.07. The molecule has 0 amide bonds. The first kappa shape index (κ1) is 9.48. The molecule has 0 radical (unpaired) electrons. The fourth-order valence-electron chi connectivity index (χ4n) is 0.910. The fraction of sp³-hybridized carbons (Fsp3) is 0. The van der Waals surface area contributed by atoms with E-state index < -0.39 is 0 Å². The van der Waals surface area contributed by atoms with E-state index in [1.54, 1.807) is 18.6 Å². The summed E-state index contributed by atoms with van der Waals surface area (Å²) in [6.45, 7) is 0. The highest BCUT2D eigenvalue weighted by Crippen LogP contribution is 2.15. The molecule has 2 rings (SSSR count). The molecule has 0 aromatic carbocycles. The summed E-state index contributed by atoms with van der Waals surface area (Å²) in [5.41, 5.74) is 1.25. The zero-order valence-electron chi connectivity index (χ0n) is 6.85. The lowest BCUT2D eigenvalue weighted by molar-refractivity contribution is 1.12. The minimum Gasteiger partial charge on any atom is -0.259 e. The van der Waals surface area contributed by atoms with E-state index in [1.165, 1.54) is 6.20 Å². The number of hydrogen-bond donors (Lipinski definition) is 0. The van der Waals surface area contributed by atoms with Crippen LogP contribution in [0.2, 0.25) is 5.15 Å². The van der Waals surface area contributed by atoms with Gasteiger partial charge in [-0.3, -0.25) is 9.97 Å². The maximum atomic E-state index is 5.69. The summed E-state index contributed by atoms with van der Waals surface area (Å²) in [5, 5.41) is 0.340. The van der Waals surface area contributed by atoms with Crippen LogP contribution in [0.1, 0.15) is 0 Å². The standard InChI is InChI=1S/C8H4BrClN4/c9-7-3-12-5(2-13-7)6-1-11-4-8(10)14-6/h1-4H. The normalized spacial score (nSPS) is 10.1. The molecule has 0 aliphatic heterocycles. The van der Waals surface area contributed by atoms with Crippen molar-refractivity contribution in [1.82, 2.24) is 19.9 Å². The second-order valence-corrected chi connectivity index (χ2v) is 3.65. The number of rotatable bonds is 1. The van der Waals surface area contributed by atoms with Crippen LogP contribution in [0, 0.1) is 0 Å². The van der Waals surface area contributed by atoms with Gasteiger partial charge in [-0.2, -0.15) is 0 Å². The summed E-state index contributed by atoms with van der Waals surface area (Å²) in [4.78, 5) is 16.1. The average molecular weight is 272 g/mol. The predicted molar refractivity (Wildman–Crippen MR) is 55.8 cm³/mol. The van der Waals surface area contributed by atoms with Crippen LogP contribution in [-0.2, 0) is 0 Å². The van der Waals surface area contributed by atoms with Gasteiger partial charge in [-0.05, 0) is 15.9 Å². The molecular weight excluding hydrogens is 267 g/mol. The smallest absolute Gasteiger partial charge is 0.148 e. The average Bonchev–Trinajstić information content (AvgIpc) is 2.19. The van der Waals surface area contributed by atoms with E-state index in [4.69, 9.17) is 11.6 Å². The molecule has 2 heterocycles. The molecular formula is C8H4BrClN4. The minimum absolute atomic E-state index is 0.340. The molecule has 0 spiro atoms. The van der Waals surface area contributed by atoms with Gasteiger partial charge < -0.3 is 0 Å². The number of hydrogen-bond acceptors (Lipinski definition) is 4. The topological polar surface area (TPSA) is 51.6 Å². The van der Waals surface area contributed by atoms with Crippen LogP contribution in [0.25, 0.3) is 11.4 Å². The Bertz CT molecular complexity index is 445. The monoisotopic (exact) mass is 270 g/mol. The van der Waals surface area contributed by atoms with Gasteiger partial charge in [0, 0.05) is 0 Å². The largest absolute Gasteiger partial charge is 0.259 e. The lowest BCUT2D eigenvalue weighted by Gasteiger charge is -1.98. The summed E-state index contributed by atoms with van der Waals surface area (Å²) in [5.74, 6) is 0. The summed E-state index contributed by atoms with van der Waals surface area (Å²) >= 11 is 8.89. The van der Waals surface area contributed by atoms with Gasteiger partial charge in [-0.1, -0.05) is 11.6 Å². The van der Waals surface area contributed by atoms with Crippen LogP contribution in [0.15, 0.2) is 29.4 Å². The van der Waals surface area contributed by atoms with Gasteiger partial charge in [0.05, 0.1) is 24.8 Å². The molecule has 4 nitrogen and oxygen atoms in total. The first-order valence-electron chi connectivity index (χ1n) is 3.71. The molecule has 0 unspecified atom stereocenters. The molecule has 0 bridgehead atoms. The predicted octanol–water partition coefficient (Wildman–Crippen LogP) is 2.35. The van der Waals surface area contributed by atoms with Crippen LogP contribution in [0.3, 0.4) is 0 Å². The Morgan fingerprint density at radius 1 is 1.00 bits per heavy atom. The zero-order valence-corrected chi connectivity index (χ0v) is 9.20. The Kier molecular flexibility index (Phi) is 2.69. The molecule has 0 saturated carbocycles. The van der Waals surface area contributed by atoms with Gasteiger partial charge in [-0.25, -0.2) is 9.97 Å². The first-order valence-corrected chi connectivity index (χ1v) is 4.88. The lowest BCUT2D eigenvalue weighted by Crippen LogP contribution is -1.90. The third-order valence-corrected chi connectivity index (χ3v) is 2.08. The van der Waals surface area contributed by atoms with Gasteiger partial charge in [-0.15, -0.1) is 0 Å². The molecule has 0 fully saturated rings. The quantitative estimate of drug-likeness (QED) is 0.799. The van der Waals surface area contributed by atoms with Crippen molar-refractivity contribution in [2.24, 2.45) is 0 Å². The number of nitrogens with zero attached hydrogens (tertiary/aromatic N) is 4. The van der Waals surface area contributed by atoms with E-state index in [2.05, 4.69) is 35.9 Å². The Balaban J connectivity index is 2.44. The molecule has 2 aromatic heterocycles. The van der Waals surface area contributed by atoms with Crippen LogP contribution in [0.4, 0.5) is 0 Å². The van der Waals surface area contributed by atoms with Gasteiger partial charge in [0.1, 0.15) is 21.1 Å². The Morgan fingerprint density at radius 3 is 2.50 bits per heavy atom. The lowest BCUT2D eigenvalue weighted by atomic mass is 10.3. The summed E-state index contributed by atoms with van der Waals surface area (Å²) in [6.07, 6.45) is 6.25. The molecule has 14 heavy (non-hydrogen) atoms. The second-order valence-electron chi connectivity index (χ2n) is 2.45. The van der Waals surface area contributed by atoms with E-state index in [-0.39, 0.29) is 0 Å². The van der Waals surface area contributed by atoms with Crippen molar-refractivity contribution in [2.75, 3.05) is 0 Å². The Labute approximate surface area is 93.5 Å². The molecule has 0 atom stereocenters. The van der Waals surface area contributed by atoms with Gasteiger partial charge in [0.15, 0.2) is 0 Å². The van der Waals surface area contributed by atoms with Gasteiger partial charge >= 0.3 is 0 Å². The van der Waals surface area contributed by atoms with Crippen LogP contribution < -0.4 is 0 Å². The third-order valence-electron chi connectivity index (χ3n) is 1.49. The van der Waals surface area contributed by atoms with Crippen molar-refractivity contribution in [3.63, 3.8) is 0 Å². The van der Waals surface area contributed by atoms with Crippen molar-refractivity contribution in [3.05, 3.63) is 34.5 Å². The zero-order chi connectivity index (χ0) is 9.97. The molecule has 0 N–H and O–H groups in total. The summed E-state index contributed by atoms with van der Waals surface area (Å²) in [7, 11) is 0. The van der Waals surface area contributed by atoms with Gasteiger partial charge in [0.2, 0.25) is 0 Å². The maximum absolute atomic E-state index is 5.69. The highest BCUT2D eigenvalue weighted by atomic mass is 79.9. The van der Waals surface area contributed by atoms with E-state index in [9.17, 15) is 0 Å². The molecule has 0 aliphatic carbocycles. The van der Waals surface area contributed by atoms with Crippen molar-refractivity contribution >= 4 is 27.5 Å². The first-order chi connectivity index (χ1) is 6.75. The van der Waals surface area contributed by atoms with Crippen molar-refractivity contribution in [1.29, 1.82) is 0 Å². The highest BCUT2D eigenvalue weighted by molar-refractivity contribution is 9.10. The highest BCUT2D eigenvalue weighted by Gasteiger charge is 2.02. The minimum atomic E-state index is 0.340. The number of aromatic nitrogens is 4. The number of halogens is 2. The molecule has 6 heteroatoms. The van der Waals surface area contributed by atoms with Crippen molar-refractivity contribution in [2.45, 2.75) is 0 Å². The van der Waals surface area contributed by atoms with E-state index in [0.29, 0.717) is 21.1 Å². The SMILES string of the molecule is Clc1cncc(-c2cnc(Br)cn2)n1. The van der Waals surface area contributed by atoms with Crippen LogP contribution >= 0.6 is 27.5 Å². The van der Waals surface area contributed by atoms with Gasteiger partial charge in [0.25, 0.3) is 0 Å². The van der Waals surface area contributed by atoms with Crippen LogP contribution in [-0.4, -0.2) is 19.9 Å². The molecule has 0 aliphatic rings. The van der Waals surface area contributed by atoms with Crippen molar-refractivity contribution in [3.8, 4) is 11.4 Å². The van der Waals surface area contributed by atoms with Crippen LogP contribution in [0.5, 0.6) is 0 Å². The Morgan fingerprint density at radius 2 is 1.86 bits per heavy atom. The molecule has 2 aromatic rings. The van der Waals surface area contributed by atoms with E-state index >= 15 is 0 Å². The molecule has 70 valence electrons. The second kappa shape index (κ2) is 3.98. The fourth-order valence-corrected chi connectivity index (χ4v) is 1.26. The van der Waals surface area contributed by atoms with Crippen molar-refractivity contribution < 1.29 is 0 Å². The molecule has 0 saturated heterocycles. The van der Waals surface area contributed by atoms with E-state index in [0.717, 1.165) is 0 Å². The van der Waals surface area contributed by atoms with E-state index in [1.807, 2.05) is 0 Å².